The van der Waals surface area contributed by atoms with Crippen molar-refractivity contribution in [2.75, 3.05) is 4.90 Å². The summed E-state index contributed by atoms with van der Waals surface area (Å²) in [6, 6.07) is 71.7. The molecule has 1 aliphatic rings. The number of furan rings is 2. The lowest BCUT2D eigenvalue weighted by Crippen LogP contribution is -2.16. The van der Waals surface area contributed by atoms with Crippen LogP contribution in [-0.4, -0.2) is 0 Å². The van der Waals surface area contributed by atoms with Gasteiger partial charge in [0.05, 0.1) is 17.1 Å². The second kappa shape index (κ2) is 13.2. The highest BCUT2D eigenvalue weighted by Gasteiger charge is 2.38. The minimum absolute atomic E-state index is 0.227. The maximum absolute atomic E-state index is 6.92. The third kappa shape index (κ3) is 5.29. The van der Waals surface area contributed by atoms with Crippen LogP contribution in [0.1, 0.15) is 25.0 Å². The summed E-state index contributed by atoms with van der Waals surface area (Å²) >= 11 is 0. The van der Waals surface area contributed by atoms with E-state index in [1.165, 1.54) is 50.1 Å². The van der Waals surface area contributed by atoms with Gasteiger partial charge in [0.2, 0.25) is 0 Å². The largest absolute Gasteiger partial charge is 0.456 e. The van der Waals surface area contributed by atoms with E-state index < -0.39 is 0 Å². The van der Waals surface area contributed by atoms with E-state index in [-0.39, 0.29) is 5.41 Å². The van der Waals surface area contributed by atoms with Crippen LogP contribution in [0.5, 0.6) is 0 Å². The van der Waals surface area contributed by atoms with Gasteiger partial charge in [-0.3, -0.25) is 0 Å². The Bertz CT molecular complexity index is 3450. The van der Waals surface area contributed by atoms with Crippen molar-refractivity contribution in [2.24, 2.45) is 0 Å². The van der Waals surface area contributed by atoms with Crippen molar-refractivity contribution in [3.05, 3.63) is 211 Å². The molecule has 0 aliphatic heterocycles. The Balaban J connectivity index is 1.09. The average Bonchev–Trinajstić information content (AvgIpc) is 3.94. The number of anilines is 3. The Morgan fingerprint density at radius 1 is 0.367 bits per heavy atom. The Morgan fingerprint density at radius 3 is 1.60 bits per heavy atom. The van der Waals surface area contributed by atoms with Gasteiger partial charge in [0.15, 0.2) is 5.58 Å². The molecule has 0 unspecified atom stereocenters. The number of hydrogen-bond acceptors (Lipinski definition) is 3. The first kappa shape index (κ1) is 34.4. The van der Waals surface area contributed by atoms with E-state index in [0.29, 0.717) is 0 Å². The molecule has 9 aromatic carbocycles. The van der Waals surface area contributed by atoms with Crippen LogP contribution in [0.3, 0.4) is 0 Å². The fourth-order valence-corrected chi connectivity index (χ4v) is 9.66. The van der Waals surface area contributed by atoms with Crippen LogP contribution in [-0.2, 0) is 5.41 Å². The summed E-state index contributed by atoms with van der Waals surface area (Å²) < 4.78 is 13.6. The summed E-state index contributed by atoms with van der Waals surface area (Å²) in [5.74, 6) is 0. The number of benzene rings is 9. The van der Waals surface area contributed by atoms with Crippen molar-refractivity contribution in [1.29, 1.82) is 0 Å². The first-order valence-electron chi connectivity index (χ1n) is 20.7. The molecule has 0 amide bonds. The molecule has 0 atom stereocenters. The monoisotopic (exact) mass is 769 g/mol. The minimum atomic E-state index is -0.227. The topological polar surface area (TPSA) is 29.5 Å². The molecule has 3 nitrogen and oxygen atoms in total. The van der Waals surface area contributed by atoms with Crippen LogP contribution in [0, 0.1) is 0 Å². The maximum Gasteiger partial charge on any atom is 0.159 e. The normalized spacial score (nSPS) is 13.0. The van der Waals surface area contributed by atoms with Crippen LogP contribution in [0.4, 0.5) is 17.1 Å². The molecule has 12 rings (SSSR count). The molecule has 0 fully saturated rings. The van der Waals surface area contributed by atoms with Crippen molar-refractivity contribution in [2.45, 2.75) is 19.3 Å². The summed E-state index contributed by atoms with van der Waals surface area (Å²) in [6.45, 7) is 4.71. The van der Waals surface area contributed by atoms with Crippen LogP contribution in [0.2, 0.25) is 0 Å². The van der Waals surface area contributed by atoms with E-state index in [1.54, 1.807) is 0 Å². The predicted molar refractivity (Wildman–Crippen MR) is 250 cm³/mol. The third-order valence-corrected chi connectivity index (χ3v) is 12.7. The lowest BCUT2D eigenvalue weighted by Gasteiger charge is -2.28. The molecule has 0 bridgehead atoms. The van der Waals surface area contributed by atoms with Gasteiger partial charge in [-0.25, -0.2) is 0 Å². The van der Waals surface area contributed by atoms with Gasteiger partial charge in [0.25, 0.3) is 0 Å². The van der Waals surface area contributed by atoms with Crippen LogP contribution in [0.15, 0.2) is 209 Å². The summed E-state index contributed by atoms with van der Waals surface area (Å²) in [6.07, 6.45) is 0. The van der Waals surface area contributed by atoms with Gasteiger partial charge >= 0.3 is 0 Å². The quantitative estimate of drug-likeness (QED) is 0.169. The number of hydrogen-bond donors (Lipinski definition) is 0. The van der Waals surface area contributed by atoms with E-state index in [2.05, 4.69) is 219 Å². The fourth-order valence-electron chi connectivity index (χ4n) is 9.66. The average molecular weight is 770 g/mol. The van der Waals surface area contributed by atoms with E-state index in [4.69, 9.17) is 8.83 Å². The maximum atomic E-state index is 6.92. The second-order valence-corrected chi connectivity index (χ2v) is 16.5. The first-order valence-corrected chi connectivity index (χ1v) is 20.7. The number of para-hydroxylation sites is 1. The zero-order valence-electron chi connectivity index (χ0n) is 33.3. The molecular weight excluding hydrogens is 731 g/mol. The SMILES string of the molecule is CC1(C)c2cc(-c3ccccc3)ccc2-c2c(N(c3ccc4c(c3)oc3ccc(-c5ccccc5)cc34)c3cccc4c3oc3ccc(-c5ccccc5)cc34)cccc21. The third-order valence-electron chi connectivity index (χ3n) is 12.7. The second-order valence-electron chi connectivity index (χ2n) is 16.5. The van der Waals surface area contributed by atoms with Crippen LogP contribution in [0.25, 0.3) is 88.4 Å². The summed E-state index contributed by atoms with van der Waals surface area (Å²) in [4.78, 5) is 2.39. The van der Waals surface area contributed by atoms with Gasteiger partial charge in [0.1, 0.15) is 16.7 Å². The molecule has 0 saturated heterocycles. The summed E-state index contributed by atoms with van der Waals surface area (Å²) in [5, 5.41) is 4.35. The van der Waals surface area contributed by atoms with Crippen molar-refractivity contribution >= 4 is 60.9 Å². The van der Waals surface area contributed by atoms with Crippen molar-refractivity contribution in [3.63, 3.8) is 0 Å². The molecule has 284 valence electrons. The van der Waals surface area contributed by atoms with Gasteiger partial charge in [-0.1, -0.05) is 153 Å². The van der Waals surface area contributed by atoms with E-state index >= 15 is 0 Å². The zero-order chi connectivity index (χ0) is 40.0. The predicted octanol–water partition coefficient (Wildman–Crippen LogP) is 16.3. The number of nitrogens with zero attached hydrogens (tertiary/aromatic N) is 1. The Kier molecular flexibility index (Phi) is 7.58. The molecule has 0 spiro atoms. The highest BCUT2D eigenvalue weighted by Crippen LogP contribution is 2.56. The van der Waals surface area contributed by atoms with Gasteiger partial charge in [-0.05, 0) is 105 Å². The molecule has 0 N–H and O–H groups in total. The molecule has 3 heteroatoms. The molecule has 60 heavy (non-hydrogen) atoms. The van der Waals surface area contributed by atoms with Gasteiger partial charge < -0.3 is 13.7 Å². The smallest absolute Gasteiger partial charge is 0.159 e. The molecule has 11 aromatic rings. The Hall–Kier alpha value is -7.62. The Morgan fingerprint density at radius 2 is 0.933 bits per heavy atom. The lowest BCUT2D eigenvalue weighted by atomic mass is 9.81. The van der Waals surface area contributed by atoms with Crippen LogP contribution < -0.4 is 4.90 Å². The van der Waals surface area contributed by atoms with Crippen molar-refractivity contribution in [3.8, 4) is 44.5 Å². The van der Waals surface area contributed by atoms with E-state index in [9.17, 15) is 0 Å². The van der Waals surface area contributed by atoms with Crippen molar-refractivity contribution in [1.82, 2.24) is 0 Å². The Labute approximate surface area is 348 Å². The lowest BCUT2D eigenvalue weighted by molar-refractivity contribution is 0.660. The highest BCUT2D eigenvalue weighted by molar-refractivity contribution is 6.13. The van der Waals surface area contributed by atoms with Gasteiger partial charge in [-0.15, -0.1) is 0 Å². The van der Waals surface area contributed by atoms with E-state index in [0.717, 1.165) is 66.5 Å². The van der Waals surface area contributed by atoms with Crippen molar-refractivity contribution < 1.29 is 8.83 Å². The molecular formula is C57H39NO2. The molecule has 0 saturated carbocycles. The molecule has 1 aliphatic carbocycles. The number of rotatable bonds is 6. The first-order chi connectivity index (χ1) is 29.5. The van der Waals surface area contributed by atoms with Crippen LogP contribution >= 0.6 is 0 Å². The molecule has 2 aromatic heterocycles. The zero-order valence-corrected chi connectivity index (χ0v) is 33.3. The molecule has 0 radical (unpaired) electrons. The fraction of sp³-hybridized carbons (Fsp3) is 0.0526. The highest BCUT2D eigenvalue weighted by atomic mass is 16.3. The summed E-state index contributed by atoms with van der Waals surface area (Å²) in [5.41, 5.74) is 18.4. The number of fused-ring (bicyclic) bond motifs is 9. The minimum Gasteiger partial charge on any atom is -0.456 e. The molecule has 2 heterocycles. The van der Waals surface area contributed by atoms with E-state index in [1.807, 2.05) is 0 Å². The van der Waals surface area contributed by atoms with Gasteiger partial charge in [0, 0.05) is 38.6 Å². The van der Waals surface area contributed by atoms with Gasteiger partial charge in [-0.2, -0.15) is 0 Å². The summed E-state index contributed by atoms with van der Waals surface area (Å²) in [7, 11) is 0. The standard InChI is InChI=1S/C57H39NO2/c1-57(2)48-21-13-22-50(55(48)45-28-24-41(34-49(45)57)38-18-10-5-11-19-38)58(42-27-29-43-46-32-39(36-14-6-3-7-15-36)25-30-52(46)59-54(43)35-42)51-23-12-20-44-47-33-40(37-16-8-4-9-17-37)26-31-53(47)60-56(44)51/h3-35H,1-2H3.